The van der Waals surface area contributed by atoms with Gasteiger partial charge in [0.2, 0.25) is 0 Å². The topological polar surface area (TPSA) is 47.6 Å². The van der Waals surface area contributed by atoms with Crippen LogP contribution in [0.4, 0.5) is 5.69 Å². The molecular formula is C19H23NO3. The Labute approximate surface area is 137 Å². The van der Waals surface area contributed by atoms with Gasteiger partial charge in [0.25, 0.3) is 5.91 Å². The molecular weight excluding hydrogens is 290 g/mol. The van der Waals surface area contributed by atoms with Crippen LogP contribution >= 0.6 is 0 Å². The summed E-state index contributed by atoms with van der Waals surface area (Å²) in [6.45, 7) is 8.89. The summed E-state index contributed by atoms with van der Waals surface area (Å²) in [5, 5.41) is 2.94. The van der Waals surface area contributed by atoms with Crippen molar-refractivity contribution in [1.29, 1.82) is 0 Å². The molecule has 0 fully saturated rings. The maximum absolute atomic E-state index is 12.5. The first-order valence-electron chi connectivity index (χ1n) is 7.83. The van der Waals surface area contributed by atoms with E-state index in [1.807, 2.05) is 45.9 Å². The van der Waals surface area contributed by atoms with Gasteiger partial charge < -0.3 is 14.8 Å². The standard InChI is InChI=1S/C19H23NO3/c1-5-22-17-10-8-15(12-18(17)23-6-2)19(21)20-16-9-7-13(3)11-14(16)4/h7-12H,5-6H2,1-4H3,(H,20,21). The molecule has 0 radical (unpaired) electrons. The van der Waals surface area contributed by atoms with Crippen molar-refractivity contribution in [3.63, 3.8) is 0 Å². The predicted molar refractivity (Wildman–Crippen MR) is 92.6 cm³/mol. The lowest BCUT2D eigenvalue weighted by Gasteiger charge is -2.13. The highest BCUT2D eigenvalue weighted by atomic mass is 16.5. The van der Waals surface area contributed by atoms with Gasteiger partial charge in [-0.15, -0.1) is 0 Å². The summed E-state index contributed by atoms with van der Waals surface area (Å²) in [6, 6.07) is 11.2. The van der Waals surface area contributed by atoms with Crippen molar-refractivity contribution < 1.29 is 14.3 Å². The summed E-state index contributed by atoms with van der Waals surface area (Å²) in [5.41, 5.74) is 3.55. The second kappa shape index (κ2) is 7.68. The first-order valence-corrected chi connectivity index (χ1v) is 7.83. The zero-order valence-corrected chi connectivity index (χ0v) is 14.1. The Hall–Kier alpha value is -2.49. The summed E-state index contributed by atoms with van der Waals surface area (Å²) in [5.74, 6) is 1.07. The Kier molecular flexibility index (Phi) is 5.63. The number of amides is 1. The van der Waals surface area contributed by atoms with Crippen LogP contribution in [0.3, 0.4) is 0 Å². The summed E-state index contributed by atoms with van der Waals surface area (Å²) in [6.07, 6.45) is 0. The molecule has 4 heteroatoms. The second-order valence-corrected chi connectivity index (χ2v) is 5.30. The van der Waals surface area contributed by atoms with E-state index >= 15 is 0 Å². The number of benzene rings is 2. The summed E-state index contributed by atoms with van der Waals surface area (Å²) >= 11 is 0. The summed E-state index contributed by atoms with van der Waals surface area (Å²) in [4.78, 5) is 12.5. The highest BCUT2D eigenvalue weighted by Gasteiger charge is 2.12. The molecule has 1 amide bonds. The third kappa shape index (κ3) is 4.25. The van der Waals surface area contributed by atoms with Gasteiger partial charge in [-0.25, -0.2) is 0 Å². The van der Waals surface area contributed by atoms with Gasteiger partial charge in [0.1, 0.15) is 0 Å². The highest BCUT2D eigenvalue weighted by Crippen LogP contribution is 2.29. The molecule has 0 aromatic heterocycles. The number of hydrogen-bond acceptors (Lipinski definition) is 3. The Morgan fingerprint density at radius 2 is 1.65 bits per heavy atom. The van der Waals surface area contributed by atoms with Crippen LogP contribution in [0, 0.1) is 13.8 Å². The van der Waals surface area contributed by atoms with Gasteiger partial charge >= 0.3 is 0 Å². The minimum atomic E-state index is -0.166. The van der Waals surface area contributed by atoms with Crippen LogP contribution < -0.4 is 14.8 Å². The van der Waals surface area contributed by atoms with Gasteiger partial charge in [-0.1, -0.05) is 17.7 Å². The van der Waals surface area contributed by atoms with Crippen molar-refractivity contribution in [3.05, 3.63) is 53.1 Å². The quantitative estimate of drug-likeness (QED) is 0.862. The van der Waals surface area contributed by atoms with Crippen molar-refractivity contribution in [2.75, 3.05) is 18.5 Å². The number of ether oxygens (including phenoxy) is 2. The Bertz CT molecular complexity index is 695. The second-order valence-electron chi connectivity index (χ2n) is 5.30. The molecule has 122 valence electrons. The van der Waals surface area contributed by atoms with Crippen LogP contribution in [0.25, 0.3) is 0 Å². The fraction of sp³-hybridized carbons (Fsp3) is 0.316. The van der Waals surface area contributed by atoms with Crippen LogP contribution in [0.2, 0.25) is 0 Å². The van der Waals surface area contributed by atoms with Crippen LogP contribution in [0.5, 0.6) is 11.5 Å². The molecule has 2 aromatic carbocycles. The number of aryl methyl sites for hydroxylation is 2. The zero-order chi connectivity index (χ0) is 16.8. The molecule has 0 heterocycles. The number of carbonyl (C=O) groups is 1. The lowest BCUT2D eigenvalue weighted by molar-refractivity contribution is 0.102. The van der Waals surface area contributed by atoms with Crippen LogP contribution in [-0.2, 0) is 0 Å². The van der Waals surface area contributed by atoms with E-state index in [0.29, 0.717) is 30.3 Å². The van der Waals surface area contributed by atoms with E-state index in [1.165, 1.54) is 5.56 Å². The van der Waals surface area contributed by atoms with Crippen molar-refractivity contribution in [1.82, 2.24) is 0 Å². The van der Waals surface area contributed by atoms with E-state index in [1.54, 1.807) is 18.2 Å². The fourth-order valence-electron chi connectivity index (χ4n) is 2.34. The third-order valence-electron chi connectivity index (χ3n) is 3.44. The predicted octanol–water partition coefficient (Wildman–Crippen LogP) is 4.35. The maximum atomic E-state index is 12.5. The number of carbonyl (C=O) groups excluding carboxylic acids is 1. The van der Waals surface area contributed by atoms with Crippen molar-refractivity contribution in [3.8, 4) is 11.5 Å². The normalized spacial score (nSPS) is 10.3. The van der Waals surface area contributed by atoms with E-state index in [-0.39, 0.29) is 5.91 Å². The first-order chi connectivity index (χ1) is 11.0. The van der Waals surface area contributed by atoms with Gasteiger partial charge in [-0.2, -0.15) is 0 Å². The van der Waals surface area contributed by atoms with Gasteiger partial charge in [-0.3, -0.25) is 4.79 Å². The van der Waals surface area contributed by atoms with Gasteiger partial charge in [-0.05, 0) is 57.5 Å². The molecule has 0 saturated carbocycles. The lowest BCUT2D eigenvalue weighted by atomic mass is 10.1. The van der Waals surface area contributed by atoms with Crippen molar-refractivity contribution >= 4 is 11.6 Å². The molecule has 0 aliphatic rings. The van der Waals surface area contributed by atoms with Gasteiger partial charge in [0, 0.05) is 11.3 Å². The van der Waals surface area contributed by atoms with E-state index in [9.17, 15) is 4.79 Å². The molecule has 2 aromatic rings. The Morgan fingerprint density at radius 1 is 0.957 bits per heavy atom. The molecule has 0 aliphatic carbocycles. The van der Waals surface area contributed by atoms with Crippen LogP contribution in [-0.4, -0.2) is 19.1 Å². The lowest BCUT2D eigenvalue weighted by Crippen LogP contribution is -2.13. The van der Waals surface area contributed by atoms with Crippen LogP contribution in [0.15, 0.2) is 36.4 Å². The van der Waals surface area contributed by atoms with E-state index in [0.717, 1.165) is 11.3 Å². The third-order valence-corrected chi connectivity index (χ3v) is 3.44. The molecule has 1 N–H and O–H groups in total. The zero-order valence-electron chi connectivity index (χ0n) is 14.1. The van der Waals surface area contributed by atoms with Crippen LogP contribution in [0.1, 0.15) is 35.3 Å². The number of hydrogen-bond donors (Lipinski definition) is 1. The molecule has 0 bridgehead atoms. The molecule has 23 heavy (non-hydrogen) atoms. The number of nitrogens with one attached hydrogen (secondary N) is 1. The van der Waals surface area contributed by atoms with Gasteiger partial charge in [0.05, 0.1) is 13.2 Å². The first kappa shape index (κ1) is 16.9. The minimum absolute atomic E-state index is 0.166. The average Bonchev–Trinajstić information content (AvgIpc) is 2.52. The Balaban J connectivity index is 2.23. The van der Waals surface area contributed by atoms with E-state index in [2.05, 4.69) is 5.32 Å². The molecule has 0 unspecified atom stereocenters. The SMILES string of the molecule is CCOc1ccc(C(=O)Nc2ccc(C)cc2C)cc1OCC. The average molecular weight is 313 g/mol. The smallest absolute Gasteiger partial charge is 0.255 e. The fourth-order valence-corrected chi connectivity index (χ4v) is 2.34. The largest absolute Gasteiger partial charge is 0.490 e. The molecule has 0 spiro atoms. The number of rotatable bonds is 6. The minimum Gasteiger partial charge on any atom is -0.490 e. The Morgan fingerprint density at radius 3 is 2.30 bits per heavy atom. The molecule has 2 rings (SSSR count). The molecule has 0 aliphatic heterocycles. The van der Waals surface area contributed by atoms with Crippen molar-refractivity contribution in [2.45, 2.75) is 27.7 Å². The summed E-state index contributed by atoms with van der Waals surface area (Å²) < 4.78 is 11.1. The van der Waals surface area contributed by atoms with E-state index in [4.69, 9.17) is 9.47 Å². The molecule has 0 saturated heterocycles. The van der Waals surface area contributed by atoms with E-state index < -0.39 is 0 Å². The molecule has 4 nitrogen and oxygen atoms in total. The maximum Gasteiger partial charge on any atom is 0.255 e. The monoisotopic (exact) mass is 313 g/mol. The molecule has 0 atom stereocenters. The number of anilines is 1. The van der Waals surface area contributed by atoms with Crippen molar-refractivity contribution in [2.24, 2.45) is 0 Å². The highest BCUT2D eigenvalue weighted by molar-refractivity contribution is 6.05. The van der Waals surface area contributed by atoms with Gasteiger partial charge in [0.15, 0.2) is 11.5 Å². The summed E-state index contributed by atoms with van der Waals surface area (Å²) in [7, 11) is 0.